The first-order chi connectivity index (χ1) is 7.89. The standard InChI is InChI=1S/C13H27FO2Si/c1-5-7-8-12(6-2)11-16-13(15)9-10-17(3,4)14/h12H,5-11H2,1-4H3. The molecule has 2 nitrogen and oxygen atoms in total. The molecule has 0 amide bonds. The highest BCUT2D eigenvalue weighted by Crippen LogP contribution is 2.16. The normalized spacial score (nSPS) is 13.5. The van der Waals surface area contributed by atoms with Crippen LogP contribution in [0.4, 0.5) is 4.11 Å². The summed E-state index contributed by atoms with van der Waals surface area (Å²) in [5, 5.41) is 0. The van der Waals surface area contributed by atoms with E-state index in [4.69, 9.17) is 4.74 Å². The van der Waals surface area contributed by atoms with E-state index in [0.29, 0.717) is 18.6 Å². The summed E-state index contributed by atoms with van der Waals surface area (Å²) in [5.41, 5.74) is 0. The molecule has 0 saturated heterocycles. The summed E-state index contributed by atoms with van der Waals surface area (Å²) in [5.74, 6) is 0.229. The molecule has 0 aliphatic rings. The highest BCUT2D eigenvalue weighted by molar-refractivity contribution is 6.70. The molecule has 0 fully saturated rings. The first kappa shape index (κ1) is 16.6. The van der Waals surface area contributed by atoms with E-state index >= 15 is 0 Å². The summed E-state index contributed by atoms with van der Waals surface area (Å²) >= 11 is 0. The fourth-order valence-electron chi connectivity index (χ4n) is 1.58. The molecule has 0 aromatic carbocycles. The van der Waals surface area contributed by atoms with E-state index in [0.717, 1.165) is 12.8 Å². The van der Waals surface area contributed by atoms with Crippen molar-refractivity contribution in [1.82, 2.24) is 0 Å². The van der Waals surface area contributed by atoms with Crippen LogP contribution in [0.3, 0.4) is 0 Å². The van der Waals surface area contributed by atoms with Gasteiger partial charge in [-0.3, -0.25) is 4.79 Å². The third-order valence-corrected chi connectivity index (χ3v) is 4.39. The molecule has 17 heavy (non-hydrogen) atoms. The van der Waals surface area contributed by atoms with E-state index in [-0.39, 0.29) is 12.4 Å². The Morgan fingerprint density at radius 3 is 2.47 bits per heavy atom. The number of ether oxygens (including phenoxy) is 1. The monoisotopic (exact) mass is 262 g/mol. The molecule has 0 aromatic rings. The third kappa shape index (κ3) is 10.5. The maximum absolute atomic E-state index is 13.3. The number of hydrogen-bond donors (Lipinski definition) is 0. The van der Waals surface area contributed by atoms with Crippen molar-refractivity contribution >= 4 is 14.4 Å². The van der Waals surface area contributed by atoms with Crippen molar-refractivity contribution in [3.05, 3.63) is 0 Å². The van der Waals surface area contributed by atoms with E-state index in [1.54, 1.807) is 13.1 Å². The molecule has 1 atom stereocenters. The third-order valence-electron chi connectivity index (χ3n) is 2.95. The molecule has 1 unspecified atom stereocenters. The summed E-state index contributed by atoms with van der Waals surface area (Å²) in [7, 11) is -2.61. The zero-order valence-electron chi connectivity index (χ0n) is 11.7. The lowest BCUT2D eigenvalue weighted by Gasteiger charge is -2.15. The molecule has 0 bridgehead atoms. The lowest BCUT2D eigenvalue weighted by Crippen LogP contribution is -2.21. The van der Waals surface area contributed by atoms with Crippen molar-refractivity contribution in [2.75, 3.05) is 6.61 Å². The van der Waals surface area contributed by atoms with E-state index in [9.17, 15) is 8.90 Å². The summed E-state index contributed by atoms with van der Waals surface area (Å²) < 4.78 is 18.5. The molecule has 102 valence electrons. The molecule has 0 heterocycles. The van der Waals surface area contributed by atoms with Gasteiger partial charge >= 0.3 is 5.97 Å². The van der Waals surface area contributed by atoms with E-state index < -0.39 is 8.41 Å². The van der Waals surface area contributed by atoms with Gasteiger partial charge in [-0.15, -0.1) is 0 Å². The van der Waals surface area contributed by atoms with E-state index in [1.807, 2.05) is 0 Å². The van der Waals surface area contributed by atoms with Crippen LogP contribution in [0.2, 0.25) is 19.1 Å². The molecule has 0 radical (unpaired) electrons. The maximum atomic E-state index is 13.3. The van der Waals surface area contributed by atoms with E-state index in [1.165, 1.54) is 12.8 Å². The Morgan fingerprint density at radius 1 is 1.35 bits per heavy atom. The van der Waals surface area contributed by atoms with Gasteiger partial charge in [-0.25, -0.2) is 0 Å². The molecular weight excluding hydrogens is 235 g/mol. The quantitative estimate of drug-likeness (QED) is 0.351. The number of unbranched alkanes of at least 4 members (excludes halogenated alkanes) is 1. The van der Waals surface area contributed by atoms with Gasteiger partial charge in [0.15, 0.2) is 0 Å². The van der Waals surface area contributed by atoms with E-state index in [2.05, 4.69) is 13.8 Å². The number of carbonyl (C=O) groups excluding carboxylic acids is 1. The second-order valence-electron chi connectivity index (χ2n) is 5.32. The number of esters is 1. The SMILES string of the molecule is CCCCC(CC)COC(=O)CC[Si](C)(C)F. The Balaban J connectivity index is 3.73. The zero-order valence-corrected chi connectivity index (χ0v) is 12.7. The van der Waals surface area contributed by atoms with Gasteiger partial charge in [0, 0.05) is 6.42 Å². The van der Waals surface area contributed by atoms with Crippen molar-refractivity contribution in [1.29, 1.82) is 0 Å². The lowest BCUT2D eigenvalue weighted by molar-refractivity contribution is -0.144. The van der Waals surface area contributed by atoms with Crippen LogP contribution >= 0.6 is 0 Å². The summed E-state index contributed by atoms with van der Waals surface area (Å²) in [6, 6.07) is 0.373. The van der Waals surface area contributed by atoms with Gasteiger partial charge in [0.25, 0.3) is 0 Å². The highest BCUT2D eigenvalue weighted by atomic mass is 28.4. The van der Waals surface area contributed by atoms with Crippen LogP contribution in [0.15, 0.2) is 0 Å². The van der Waals surface area contributed by atoms with Crippen LogP contribution in [-0.4, -0.2) is 21.0 Å². The molecule has 0 aliphatic heterocycles. The van der Waals surface area contributed by atoms with Crippen LogP contribution in [-0.2, 0) is 9.53 Å². The Kier molecular flexibility index (Phi) is 8.48. The Labute approximate surface area is 106 Å². The molecule has 0 N–H and O–H groups in total. The Bertz CT molecular complexity index is 214. The average molecular weight is 262 g/mol. The summed E-state index contributed by atoms with van der Waals surface area (Å²) in [6.45, 7) is 8.02. The number of halogens is 1. The van der Waals surface area contributed by atoms with Gasteiger partial charge in [0.1, 0.15) is 0 Å². The number of hydrogen-bond acceptors (Lipinski definition) is 2. The van der Waals surface area contributed by atoms with Crippen molar-refractivity contribution in [3.63, 3.8) is 0 Å². The van der Waals surface area contributed by atoms with Gasteiger partial charge in [0.05, 0.1) is 6.61 Å². The predicted molar refractivity (Wildman–Crippen MR) is 72.3 cm³/mol. The second-order valence-corrected chi connectivity index (χ2v) is 9.26. The Hall–Kier alpha value is -0.383. The number of carbonyl (C=O) groups is 1. The Morgan fingerprint density at radius 2 is 2.00 bits per heavy atom. The van der Waals surface area contributed by atoms with Crippen LogP contribution in [0, 0.1) is 5.92 Å². The van der Waals surface area contributed by atoms with Crippen LogP contribution < -0.4 is 0 Å². The maximum Gasteiger partial charge on any atom is 0.305 e. The smallest absolute Gasteiger partial charge is 0.305 e. The van der Waals surface area contributed by atoms with Crippen molar-refractivity contribution in [3.8, 4) is 0 Å². The van der Waals surface area contributed by atoms with Gasteiger partial charge < -0.3 is 8.84 Å². The molecule has 0 spiro atoms. The van der Waals surface area contributed by atoms with Crippen molar-refractivity contribution in [2.24, 2.45) is 5.92 Å². The number of rotatable bonds is 9. The first-order valence-corrected chi connectivity index (χ1v) is 9.82. The minimum Gasteiger partial charge on any atom is -0.465 e. The molecular formula is C13H27FO2Si. The van der Waals surface area contributed by atoms with Gasteiger partial charge in [-0.05, 0) is 31.5 Å². The minimum atomic E-state index is -2.61. The predicted octanol–water partition coefficient (Wildman–Crippen LogP) is 4.31. The highest BCUT2D eigenvalue weighted by Gasteiger charge is 2.22. The summed E-state index contributed by atoms with van der Waals surface area (Å²) in [4.78, 5) is 11.4. The molecule has 0 saturated carbocycles. The topological polar surface area (TPSA) is 26.3 Å². The molecule has 0 aliphatic carbocycles. The van der Waals surface area contributed by atoms with Crippen molar-refractivity contribution in [2.45, 2.75) is 65.1 Å². The van der Waals surface area contributed by atoms with Crippen molar-refractivity contribution < 1.29 is 13.6 Å². The molecule has 0 rings (SSSR count). The van der Waals surface area contributed by atoms with Gasteiger partial charge in [0.2, 0.25) is 8.41 Å². The second kappa shape index (κ2) is 8.67. The summed E-state index contributed by atoms with van der Waals surface area (Å²) in [6.07, 6.45) is 4.74. The largest absolute Gasteiger partial charge is 0.465 e. The molecule has 4 heteroatoms. The average Bonchev–Trinajstić information content (AvgIpc) is 2.25. The minimum absolute atomic E-state index is 0.236. The van der Waals surface area contributed by atoms with Crippen LogP contribution in [0.25, 0.3) is 0 Å². The van der Waals surface area contributed by atoms with Crippen LogP contribution in [0.1, 0.15) is 46.0 Å². The molecule has 0 aromatic heterocycles. The fourth-order valence-corrected chi connectivity index (χ4v) is 2.38. The van der Waals surface area contributed by atoms with Crippen LogP contribution in [0.5, 0.6) is 0 Å². The van der Waals surface area contributed by atoms with Gasteiger partial charge in [-0.1, -0.05) is 33.1 Å². The van der Waals surface area contributed by atoms with Gasteiger partial charge in [-0.2, -0.15) is 0 Å². The zero-order chi connectivity index (χ0) is 13.3. The first-order valence-electron chi connectivity index (χ1n) is 6.73. The fraction of sp³-hybridized carbons (Fsp3) is 0.923. The lowest BCUT2D eigenvalue weighted by atomic mass is 10.0.